The van der Waals surface area contributed by atoms with E-state index in [0.717, 1.165) is 35.3 Å². The standard InChI is InChI=1S/C24H28FNO3S/c1-5-29-23(28)21-18-12-9-16(24(2,3)4)14-19(18)30-22(21)26-20(27)13-8-15-6-10-17(25)11-7-15/h6-8,10-11,13,16H,5,9,12,14H2,1-4H3,(H,26,27)/b13-8+. The fourth-order valence-corrected chi connectivity index (χ4v) is 5.05. The SMILES string of the molecule is CCOC(=O)c1c(NC(=O)/C=C/c2ccc(F)cc2)sc2c1CCC(C(C)(C)C)C2. The minimum Gasteiger partial charge on any atom is -0.462 e. The smallest absolute Gasteiger partial charge is 0.341 e. The van der Waals surface area contributed by atoms with Gasteiger partial charge in [-0.2, -0.15) is 0 Å². The maximum Gasteiger partial charge on any atom is 0.341 e. The molecule has 1 aliphatic carbocycles. The Morgan fingerprint density at radius 1 is 1.27 bits per heavy atom. The number of rotatable bonds is 5. The zero-order valence-electron chi connectivity index (χ0n) is 17.9. The molecule has 1 aromatic carbocycles. The molecule has 1 aromatic heterocycles. The monoisotopic (exact) mass is 429 g/mol. The summed E-state index contributed by atoms with van der Waals surface area (Å²) in [7, 11) is 0. The fraction of sp³-hybridized carbons (Fsp3) is 0.417. The molecule has 160 valence electrons. The molecule has 6 heteroatoms. The lowest BCUT2D eigenvalue weighted by Crippen LogP contribution is -2.26. The van der Waals surface area contributed by atoms with E-state index in [0.29, 0.717) is 16.5 Å². The van der Waals surface area contributed by atoms with E-state index in [-0.39, 0.29) is 29.7 Å². The number of esters is 1. The van der Waals surface area contributed by atoms with E-state index in [1.165, 1.54) is 29.5 Å². The van der Waals surface area contributed by atoms with Gasteiger partial charge < -0.3 is 10.1 Å². The highest BCUT2D eigenvalue weighted by Gasteiger charge is 2.34. The molecule has 0 fully saturated rings. The number of anilines is 1. The first-order chi connectivity index (χ1) is 14.2. The highest BCUT2D eigenvalue weighted by Crippen LogP contribution is 2.44. The number of halogens is 1. The molecule has 1 unspecified atom stereocenters. The van der Waals surface area contributed by atoms with Gasteiger partial charge in [0.05, 0.1) is 12.2 Å². The average Bonchev–Trinajstić information content (AvgIpc) is 3.04. The van der Waals surface area contributed by atoms with Gasteiger partial charge >= 0.3 is 5.97 Å². The van der Waals surface area contributed by atoms with Crippen LogP contribution in [-0.2, 0) is 22.4 Å². The third-order valence-electron chi connectivity index (χ3n) is 5.50. The molecule has 0 saturated carbocycles. The molecule has 1 amide bonds. The van der Waals surface area contributed by atoms with E-state index < -0.39 is 0 Å². The van der Waals surface area contributed by atoms with Crippen molar-refractivity contribution in [1.29, 1.82) is 0 Å². The van der Waals surface area contributed by atoms with Crippen LogP contribution in [0.4, 0.5) is 9.39 Å². The largest absolute Gasteiger partial charge is 0.462 e. The van der Waals surface area contributed by atoms with E-state index in [1.807, 2.05) is 0 Å². The Bertz CT molecular complexity index is 954. The quantitative estimate of drug-likeness (QED) is 0.478. The van der Waals surface area contributed by atoms with E-state index in [1.54, 1.807) is 25.1 Å². The molecular formula is C24H28FNO3S. The van der Waals surface area contributed by atoms with Gasteiger partial charge in [0.15, 0.2) is 0 Å². The Kier molecular flexibility index (Phi) is 6.76. The first-order valence-corrected chi connectivity index (χ1v) is 11.1. The number of fused-ring (bicyclic) bond motifs is 1. The first-order valence-electron chi connectivity index (χ1n) is 10.2. The van der Waals surface area contributed by atoms with Crippen LogP contribution >= 0.6 is 11.3 Å². The number of hydrogen-bond donors (Lipinski definition) is 1. The predicted molar refractivity (Wildman–Crippen MR) is 119 cm³/mol. The Balaban J connectivity index is 1.84. The van der Waals surface area contributed by atoms with Crippen molar-refractivity contribution in [1.82, 2.24) is 0 Å². The number of thiophene rings is 1. The summed E-state index contributed by atoms with van der Waals surface area (Å²) in [6, 6.07) is 5.88. The zero-order valence-corrected chi connectivity index (χ0v) is 18.7. The summed E-state index contributed by atoms with van der Waals surface area (Å²) in [5, 5.41) is 3.40. The molecule has 1 heterocycles. The maximum absolute atomic E-state index is 13.0. The van der Waals surface area contributed by atoms with Gasteiger partial charge in [0.25, 0.3) is 0 Å². The molecule has 30 heavy (non-hydrogen) atoms. The summed E-state index contributed by atoms with van der Waals surface area (Å²) in [5.41, 5.74) is 2.41. The van der Waals surface area contributed by atoms with E-state index in [4.69, 9.17) is 4.74 Å². The zero-order chi connectivity index (χ0) is 21.9. The highest BCUT2D eigenvalue weighted by molar-refractivity contribution is 7.17. The average molecular weight is 430 g/mol. The normalized spacial score (nSPS) is 16.4. The lowest BCUT2D eigenvalue weighted by Gasteiger charge is -2.33. The van der Waals surface area contributed by atoms with Crippen molar-refractivity contribution in [2.24, 2.45) is 11.3 Å². The number of carbonyl (C=O) groups excluding carboxylic acids is 2. The summed E-state index contributed by atoms with van der Waals surface area (Å²) in [4.78, 5) is 26.3. The van der Waals surface area contributed by atoms with Crippen LogP contribution in [0.2, 0.25) is 0 Å². The Hall–Kier alpha value is -2.47. The Morgan fingerprint density at radius 2 is 1.97 bits per heavy atom. The molecule has 4 nitrogen and oxygen atoms in total. The Labute approximate surface area is 181 Å². The van der Waals surface area contributed by atoms with Crippen LogP contribution in [0.1, 0.15) is 60.5 Å². The van der Waals surface area contributed by atoms with Gasteiger partial charge in [-0.15, -0.1) is 11.3 Å². The second kappa shape index (κ2) is 9.13. The summed E-state index contributed by atoms with van der Waals surface area (Å²) in [6.45, 7) is 8.78. The van der Waals surface area contributed by atoms with Crippen molar-refractivity contribution in [3.05, 3.63) is 57.7 Å². The topological polar surface area (TPSA) is 55.4 Å². The van der Waals surface area contributed by atoms with E-state index in [9.17, 15) is 14.0 Å². The van der Waals surface area contributed by atoms with Crippen molar-refractivity contribution < 1.29 is 18.7 Å². The summed E-state index contributed by atoms with van der Waals surface area (Å²) in [5.74, 6) is -0.521. The highest BCUT2D eigenvalue weighted by atomic mass is 32.1. The van der Waals surface area contributed by atoms with E-state index >= 15 is 0 Å². The molecule has 0 spiro atoms. The van der Waals surface area contributed by atoms with Gasteiger partial charge in [-0.25, -0.2) is 9.18 Å². The van der Waals surface area contributed by atoms with Crippen LogP contribution < -0.4 is 5.32 Å². The summed E-state index contributed by atoms with van der Waals surface area (Å²) in [6.07, 6.45) is 5.72. The lowest BCUT2D eigenvalue weighted by atomic mass is 9.72. The number of hydrogen-bond acceptors (Lipinski definition) is 4. The van der Waals surface area contributed by atoms with Gasteiger partial charge in [-0.05, 0) is 66.9 Å². The van der Waals surface area contributed by atoms with Crippen LogP contribution in [-0.4, -0.2) is 18.5 Å². The number of benzene rings is 1. The second-order valence-corrected chi connectivity index (χ2v) is 9.71. The molecule has 0 radical (unpaired) electrons. The minimum absolute atomic E-state index is 0.188. The minimum atomic E-state index is -0.387. The van der Waals surface area contributed by atoms with E-state index in [2.05, 4.69) is 26.1 Å². The van der Waals surface area contributed by atoms with Crippen molar-refractivity contribution in [2.45, 2.75) is 47.0 Å². The molecule has 0 bridgehead atoms. The molecule has 0 saturated heterocycles. The van der Waals surface area contributed by atoms with Crippen LogP contribution in [0.5, 0.6) is 0 Å². The van der Waals surface area contributed by atoms with Crippen LogP contribution in [0.15, 0.2) is 30.3 Å². The number of carbonyl (C=O) groups is 2. The number of amides is 1. The van der Waals surface area contributed by atoms with Gasteiger partial charge in [-0.3, -0.25) is 4.79 Å². The molecule has 1 N–H and O–H groups in total. The molecular weight excluding hydrogens is 401 g/mol. The molecule has 2 aromatic rings. The predicted octanol–water partition coefficient (Wildman–Crippen LogP) is 5.87. The number of nitrogens with one attached hydrogen (secondary N) is 1. The van der Waals surface area contributed by atoms with Gasteiger partial charge in [0.1, 0.15) is 10.8 Å². The number of ether oxygens (including phenoxy) is 1. The van der Waals surface area contributed by atoms with Gasteiger partial charge in [-0.1, -0.05) is 32.9 Å². The third kappa shape index (κ3) is 5.17. The van der Waals surface area contributed by atoms with Crippen molar-refractivity contribution in [3.8, 4) is 0 Å². The van der Waals surface area contributed by atoms with Crippen molar-refractivity contribution in [3.63, 3.8) is 0 Å². The van der Waals surface area contributed by atoms with Crippen LogP contribution in [0.3, 0.4) is 0 Å². The fourth-order valence-electron chi connectivity index (χ4n) is 3.73. The summed E-state index contributed by atoms with van der Waals surface area (Å²) < 4.78 is 18.3. The van der Waals surface area contributed by atoms with Gasteiger partial charge in [0, 0.05) is 11.0 Å². The summed E-state index contributed by atoms with van der Waals surface area (Å²) >= 11 is 1.47. The van der Waals surface area contributed by atoms with Crippen molar-refractivity contribution in [2.75, 3.05) is 11.9 Å². The molecule has 3 rings (SSSR count). The van der Waals surface area contributed by atoms with Gasteiger partial charge in [0.2, 0.25) is 5.91 Å². The maximum atomic E-state index is 13.0. The third-order valence-corrected chi connectivity index (χ3v) is 6.67. The van der Waals surface area contributed by atoms with Crippen molar-refractivity contribution >= 4 is 34.3 Å². The molecule has 1 aliphatic rings. The molecule has 0 aliphatic heterocycles. The van der Waals surface area contributed by atoms with Crippen LogP contribution in [0.25, 0.3) is 6.08 Å². The molecule has 1 atom stereocenters. The second-order valence-electron chi connectivity index (χ2n) is 8.61. The Morgan fingerprint density at radius 3 is 2.60 bits per heavy atom. The lowest BCUT2D eigenvalue weighted by molar-refractivity contribution is -0.111. The first kappa shape index (κ1) is 22.2. The van der Waals surface area contributed by atoms with Crippen LogP contribution in [0, 0.1) is 17.2 Å².